The van der Waals surface area contributed by atoms with Gasteiger partial charge in [-0.1, -0.05) is 103 Å². The first-order chi connectivity index (χ1) is 25.7. The van der Waals surface area contributed by atoms with E-state index in [0.717, 1.165) is 45.6 Å². The molecule has 2 heteroatoms. The van der Waals surface area contributed by atoms with Gasteiger partial charge in [0.15, 0.2) is 0 Å². The summed E-state index contributed by atoms with van der Waals surface area (Å²) in [6, 6.07) is 56.6. The number of benzene rings is 7. The van der Waals surface area contributed by atoms with Crippen LogP contribution in [0.3, 0.4) is 0 Å². The highest BCUT2D eigenvalue weighted by atomic mass is 16.3. The maximum Gasteiger partial charge on any atom is 0.135 e. The van der Waals surface area contributed by atoms with Gasteiger partial charge in [-0.25, -0.2) is 0 Å². The van der Waals surface area contributed by atoms with Crippen molar-refractivity contribution >= 4 is 49.8 Å². The van der Waals surface area contributed by atoms with Crippen LogP contribution in [-0.2, 0) is 5.41 Å². The van der Waals surface area contributed by atoms with Crippen molar-refractivity contribution in [3.8, 4) is 22.3 Å². The minimum absolute atomic E-state index is 0.129. The number of hydrogen-bond donors (Lipinski definition) is 0. The molecule has 0 N–H and O–H groups in total. The molecule has 5 aliphatic rings. The van der Waals surface area contributed by atoms with Crippen molar-refractivity contribution < 1.29 is 4.42 Å². The second-order valence-corrected chi connectivity index (χ2v) is 16.1. The minimum atomic E-state index is 0.129. The topological polar surface area (TPSA) is 16.4 Å². The second-order valence-electron chi connectivity index (χ2n) is 16.1. The Kier molecular flexibility index (Phi) is 5.98. The fourth-order valence-electron chi connectivity index (χ4n) is 11.8. The van der Waals surface area contributed by atoms with Gasteiger partial charge in [-0.3, -0.25) is 0 Å². The lowest BCUT2D eigenvalue weighted by Crippen LogP contribution is -2.55. The van der Waals surface area contributed by atoms with Crippen molar-refractivity contribution in [2.45, 2.75) is 37.5 Å². The summed E-state index contributed by atoms with van der Waals surface area (Å²) in [5.41, 5.74) is 14.1. The molecule has 250 valence electrons. The molecule has 0 atom stereocenters. The molecule has 4 bridgehead atoms. The summed E-state index contributed by atoms with van der Waals surface area (Å²) in [7, 11) is 0. The number of fused-ring (bicyclic) bond motifs is 7. The number of para-hydroxylation sites is 1. The maximum absolute atomic E-state index is 6.15. The SMILES string of the molecule is c1ccc2c(c1)-c1c(N(c3ccc(-c4ccc5oc6ccccc6c5c4)cc3)c3ccc4ccccc4c3)cccc1C21C2CC3CC(C2)CC1C3. The van der Waals surface area contributed by atoms with Crippen molar-refractivity contribution in [3.63, 3.8) is 0 Å². The van der Waals surface area contributed by atoms with E-state index in [9.17, 15) is 0 Å². The first-order valence-electron chi connectivity index (χ1n) is 19.3. The minimum Gasteiger partial charge on any atom is -0.456 e. The molecule has 5 aliphatic carbocycles. The van der Waals surface area contributed by atoms with E-state index < -0.39 is 0 Å². The highest BCUT2D eigenvalue weighted by Crippen LogP contribution is 2.70. The Bertz CT molecular complexity index is 2690. The van der Waals surface area contributed by atoms with Gasteiger partial charge in [0.2, 0.25) is 0 Å². The quantitative estimate of drug-likeness (QED) is 0.185. The van der Waals surface area contributed by atoms with Crippen molar-refractivity contribution in [1.29, 1.82) is 0 Å². The molecule has 8 aromatic rings. The highest BCUT2D eigenvalue weighted by Gasteiger charge is 2.61. The van der Waals surface area contributed by atoms with Crippen molar-refractivity contribution in [2.24, 2.45) is 23.7 Å². The van der Waals surface area contributed by atoms with Crippen LogP contribution in [0.25, 0.3) is 55.0 Å². The van der Waals surface area contributed by atoms with Crippen molar-refractivity contribution in [3.05, 3.63) is 163 Å². The van der Waals surface area contributed by atoms with E-state index in [1.54, 1.807) is 11.1 Å². The summed E-state index contributed by atoms with van der Waals surface area (Å²) in [5.74, 6) is 3.32. The van der Waals surface area contributed by atoms with Crippen molar-refractivity contribution in [1.82, 2.24) is 0 Å². The van der Waals surface area contributed by atoms with Crippen LogP contribution in [0.5, 0.6) is 0 Å². The second kappa shape index (κ2) is 10.7. The van der Waals surface area contributed by atoms with Gasteiger partial charge >= 0.3 is 0 Å². The third kappa shape index (κ3) is 3.96. The molecule has 13 rings (SSSR count). The predicted octanol–water partition coefficient (Wildman–Crippen LogP) is 13.6. The summed E-state index contributed by atoms with van der Waals surface area (Å²) >= 11 is 0. The zero-order valence-electron chi connectivity index (χ0n) is 29.1. The average Bonchev–Trinajstić information content (AvgIpc) is 3.71. The summed E-state index contributed by atoms with van der Waals surface area (Å²) in [6.07, 6.45) is 7.03. The standard InChI is InChI=1S/C50H39NO/c1-2-9-35-29-40(22-18-33(35)8-1)51(39-20-16-34(17-21-39)36-19-23-48-43(30-36)41-10-4-6-15-47(41)52-48)46-14-7-13-45-49(46)42-11-3-5-12-44(42)50(45)37-25-31-24-32(27-37)28-38(50)26-31/h1-23,29-32,37-38H,24-28H2. The maximum atomic E-state index is 6.15. The first kappa shape index (κ1) is 29.0. The number of hydrogen-bond acceptors (Lipinski definition) is 2. The molecule has 4 fully saturated rings. The Morgan fingerprint density at radius 3 is 2.00 bits per heavy atom. The molecular weight excluding hydrogens is 631 g/mol. The lowest BCUT2D eigenvalue weighted by atomic mass is 9.43. The molecule has 52 heavy (non-hydrogen) atoms. The van der Waals surface area contributed by atoms with Gasteiger partial charge < -0.3 is 9.32 Å². The van der Waals surface area contributed by atoms with Gasteiger partial charge in [0, 0.05) is 33.1 Å². The van der Waals surface area contributed by atoms with Crippen LogP contribution < -0.4 is 4.90 Å². The monoisotopic (exact) mass is 669 g/mol. The normalized spacial score (nSPS) is 23.8. The molecule has 1 spiro atoms. The Balaban J connectivity index is 1.04. The zero-order chi connectivity index (χ0) is 34.0. The van der Waals surface area contributed by atoms with Crippen LogP contribution in [0.1, 0.15) is 43.2 Å². The zero-order valence-corrected chi connectivity index (χ0v) is 29.1. The van der Waals surface area contributed by atoms with Crippen LogP contribution in [0.4, 0.5) is 17.1 Å². The smallest absolute Gasteiger partial charge is 0.135 e. The molecule has 4 saturated carbocycles. The van der Waals surface area contributed by atoms with Gasteiger partial charge in [-0.15, -0.1) is 0 Å². The fourth-order valence-corrected chi connectivity index (χ4v) is 11.8. The molecule has 0 unspecified atom stereocenters. The van der Waals surface area contributed by atoms with Crippen LogP contribution >= 0.6 is 0 Å². The van der Waals surface area contributed by atoms with Gasteiger partial charge in [-0.2, -0.15) is 0 Å². The Morgan fingerprint density at radius 2 is 1.15 bits per heavy atom. The molecule has 1 heterocycles. The molecule has 2 nitrogen and oxygen atoms in total. The fraction of sp³-hybridized carbons (Fsp3) is 0.200. The largest absolute Gasteiger partial charge is 0.456 e. The third-order valence-electron chi connectivity index (χ3n) is 13.6. The summed E-state index contributed by atoms with van der Waals surface area (Å²) in [6.45, 7) is 0. The van der Waals surface area contributed by atoms with E-state index >= 15 is 0 Å². The predicted molar refractivity (Wildman–Crippen MR) is 215 cm³/mol. The van der Waals surface area contributed by atoms with E-state index in [-0.39, 0.29) is 5.41 Å². The molecule has 0 radical (unpaired) electrons. The number of nitrogens with zero attached hydrogens (tertiary/aromatic N) is 1. The third-order valence-corrected chi connectivity index (χ3v) is 13.6. The molecule has 0 aliphatic heterocycles. The van der Waals surface area contributed by atoms with Gasteiger partial charge in [0.25, 0.3) is 0 Å². The summed E-state index contributed by atoms with van der Waals surface area (Å²) in [4.78, 5) is 2.54. The van der Waals surface area contributed by atoms with E-state index in [2.05, 4.69) is 150 Å². The first-order valence-corrected chi connectivity index (χ1v) is 19.3. The lowest BCUT2D eigenvalue weighted by Gasteiger charge is -2.61. The van der Waals surface area contributed by atoms with E-state index in [4.69, 9.17) is 4.42 Å². The van der Waals surface area contributed by atoms with Crippen molar-refractivity contribution in [2.75, 3.05) is 4.90 Å². The Hall–Kier alpha value is -5.60. The molecular formula is C50H39NO. The van der Waals surface area contributed by atoms with Crippen LogP contribution in [-0.4, -0.2) is 0 Å². The number of furan rings is 1. The van der Waals surface area contributed by atoms with Gasteiger partial charge in [0.05, 0.1) is 5.69 Å². The Morgan fingerprint density at radius 1 is 0.481 bits per heavy atom. The highest BCUT2D eigenvalue weighted by molar-refractivity contribution is 6.06. The molecule has 1 aromatic heterocycles. The van der Waals surface area contributed by atoms with Gasteiger partial charge in [0.1, 0.15) is 11.2 Å². The summed E-state index contributed by atoms with van der Waals surface area (Å²) < 4.78 is 6.15. The lowest BCUT2D eigenvalue weighted by molar-refractivity contribution is -0.0399. The van der Waals surface area contributed by atoms with Crippen LogP contribution in [0.15, 0.2) is 156 Å². The Labute approximate surface area is 304 Å². The average molecular weight is 670 g/mol. The van der Waals surface area contributed by atoms with E-state index in [1.165, 1.54) is 82.2 Å². The number of anilines is 3. The molecule has 7 aromatic carbocycles. The number of rotatable bonds is 4. The van der Waals surface area contributed by atoms with Crippen LogP contribution in [0.2, 0.25) is 0 Å². The molecule has 0 saturated heterocycles. The van der Waals surface area contributed by atoms with Crippen LogP contribution in [0, 0.1) is 23.7 Å². The van der Waals surface area contributed by atoms with E-state index in [0.29, 0.717) is 0 Å². The summed E-state index contributed by atoms with van der Waals surface area (Å²) in [5, 5.41) is 4.84. The van der Waals surface area contributed by atoms with Gasteiger partial charge in [-0.05, 0) is 143 Å². The van der Waals surface area contributed by atoms with E-state index in [1.807, 2.05) is 6.07 Å². The molecule has 0 amide bonds.